The van der Waals surface area contributed by atoms with Gasteiger partial charge in [-0.3, -0.25) is 0 Å². The fourth-order valence-electron chi connectivity index (χ4n) is 1.59. The number of benzene rings is 1. The van der Waals surface area contributed by atoms with E-state index < -0.39 is 9.84 Å². The molecule has 0 saturated carbocycles. The fourth-order valence-corrected chi connectivity index (χ4v) is 2.21. The van der Waals surface area contributed by atoms with E-state index in [4.69, 9.17) is 4.74 Å². The number of rotatable bonds is 9. The summed E-state index contributed by atoms with van der Waals surface area (Å²) in [6, 6.07) is 7.74. The van der Waals surface area contributed by atoms with Gasteiger partial charge in [-0.25, -0.2) is 8.42 Å². The van der Waals surface area contributed by atoms with Gasteiger partial charge in [0.15, 0.2) is 9.84 Å². The van der Waals surface area contributed by atoms with Crippen molar-refractivity contribution in [1.29, 1.82) is 0 Å². The summed E-state index contributed by atoms with van der Waals surface area (Å²) in [6.07, 6.45) is 1.10. The van der Waals surface area contributed by atoms with Gasteiger partial charge in [0.05, 0.1) is 5.75 Å². The molecule has 5 heteroatoms. The number of ether oxygens (including phenoxy) is 1. The van der Waals surface area contributed by atoms with E-state index in [1.165, 1.54) is 0 Å². The molecule has 0 saturated heterocycles. The van der Waals surface area contributed by atoms with Crippen LogP contribution in [0.5, 0.6) is 5.75 Å². The third kappa shape index (κ3) is 6.59. The molecule has 108 valence electrons. The van der Waals surface area contributed by atoms with Gasteiger partial charge in [-0.15, -0.1) is 0 Å². The molecule has 1 aromatic carbocycles. The SMILES string of the molecule is CCCNCc1cccc(OCCS(=O)(=O)CC)c1. The Labute approximate surface area is 116 Å². The topological polar surface area (TPSA) is 55.4 Å². The van der Waals surface area contributed by atoms with Crippen LogP contribution in [0.3, 0.4) is 0 Å². The summed E-state index contributed by atoms with van der Waals surface area (Å²) in [5.41, 5.74) is 1.14. The Bertz CT molecular complexity index is 471. The van der Waals surface area contributed by atoms with Crippen LogP contribution in [0.1, 0.15) is 25.8 Å². The van der Waals surface area contributed by atoms with Crippen LogP contribution in [0.2, 0.25) is 0 Å². The van der Waals surface area contributed by atoms with Crippen molar-refractivity contribution in [2.45, 2.75) is 26.8 Å². The Balaban J connectivity index is 2.44. The van der Waals surface area contributed by atoms with Crippen LogP contribution in [-0.4, -0.2) is 33.1 Å². The normalized spacial score (nSPS) is 11.5. The first-order valence-electron chi connectivity index (χ1n) is 6.70. The molecule has 0 amide bonds. The number of nitrogens with one attached hydrogen (secondary N) is 1. The highest BCUT2D eigenvalue weighted by Crippen LogP contribution is 2.13. The molecule has 0 aliphatic carbocycles. The molecule has 0 unspecified atom stereocenters. The molecule has 0 aliphatic heterocycles. The van der Waals surface area contributed by atoms with Crippen LogP contribution in [0.15, 0.2) is 24.3 Å². The highest BCUT2D eigenvalue weighted by molar-refractivity contribution is 7.91. The molecule has 0 atom stereocenters. The summed E-state index contributed by atoms with van der Waals surface area (Å²) in [6.45, 7) is 5.77. The second-order valence-electron chi connectivity index (χ2n) is 4.41. The maximum atomic E-state index is 11.3. The Hall–Kier alpha value is -1.07. The van der Waals surface area contributed by atoms with Crippen LogP contribution in [0, 0.1) is 0 Å². The molecule has 19 heavy (non-hydrogen) atoms. The molecule has 4 nitrogen and oxygen atoms in total. The van der Waals surface area contributed by atoms with E-state index in [1.807, 2.05) is 24.3 Å². The van der Waals surface area contributed by atoms with Crippen molar-refractivity contribution >= 4 is 9.84 Å². The fraction of sp³-hybridized carbons (Fsp3) is 0.571. The van der Waals surface area contributed by atoms with Crippen LogP contribution < -0.4 is 10.1 Å². The zero-order valence-corrected chi connectivity index (χ0v) is 12.5. The average molecular weight is 285 g/mol. The van der Waals surface area contributed by atoms with Crippen molar-refractivity contribution < 1.29 is 13.2 Å². The second kappa shape index (κ2) is 8.17. The van der Waals surface area contributed by atoms with Crippen molar-refractivity contribution in [3.05, 3.63) is 29.8 Å². The smallest absolute Gasteiger partial charge is 0.153 e. The van der Waals surface area contributed by atoms with Gasteiger partial charge in [-0.2, -0.15) is 0 Å². The van der Waals surface area contributed by atoms with Gasteiger partial charge in [0, 0.05) is 12.3 Å². The first kappa shape index (κ1) is 16.0. The first-order valence-corrected chi connectivity index (χ1v) is 8.52. The molecule has 1 aromatic rings. The third-order valence-corrected chi connectivity index (χ3v) is 4.43. The number of hydrogen-bond donors (Lipinski definition) is 1. The summed E-state index contributed by atoms with van der Waals surface area (Å²) in [7, 11) is -2.95. The van der Waals surface area contributed by atoms with E-state index in [2.05, 4.69) is 12.2 Å². The van der Waals surface area contributed by atoms with E-state index in [-0.39, 0.29) is 18.1 Å². The number of sulfone groups is 1. The molecular formula is C14H23NO3S. The minimum atomic E-state index is -2.95. The highest BCUT2D eigenvalue weighted by atomic mass is 32.2. The van der Waals surface area contributed by atoms with E-state index in [0.29, 0.717) is 0 Å². The van der Waals surface area contributed by atoms with Crippen molar-refractivity contribution in [2.75, 3.05) is 24.7 Å². The Morgan fingerprint density at radius 1 is 1.26 bits per heavy atom. The zero-order chi connectivity index (χ0) is 14.1. The van der Waals surface area contributed by atoms with Crippen molar-refractivity contribution in [2.24, 2.45) is 0 Å². The van der Waals surface area contributed by atoms with Gasteiger partial charge in [0.2, 0.25) is 0 Å². The summed E-state index contributed by atoms with van der Waals surface area (Å²) in [5, 5.41) is 3.32. The van der Waals surface area contributed by atoms with E-state index in [1.54, 1.807) is 6.92 Å². The summed E-state index contributed by atoms with van der Waals surface area (Å²) < 4.78 is 28.2. The first-order chi connectivity index (χ1) is 9.07. The zero-order valence-electron chi connectivity index (χ0n) is 11.7. The van der Waals surface area contributed by atoms with E-state index in [9.17, 15) is 8.42 Å². The van der Waals surface area contributed by atoms with Crippen LogP contribution in [-0.2, 0) is 16.4 Å². The van der Waals surface area contributed by atoms with Gasteiger partial charge in [-0.1, -0.05) is 26.0 Å². The summed E-state index contributed by atoms with van der Waals surface area (Å²) in [4.78, 5) is 0. The number of hydrogen-bond acceptors (Lipinski definition) is 4. The molecule has 0 bridgehead atoms. The maximum Gasteiger partial charge on any atom is 0.153 e. The molecule has 0 fully saturated rings. The van der Waals surface area contributed by atoms with Crippen LogP contribution in [0.25, 0.3) is 0 Å². The van der Waals surface area contributed by atoms with Crippen molar-refractivity contribution in [1.82, 2.24) is 5.32 Å². The lowest BCUT2D eigenvalue weighted by molar-refractivity contribution is 0.340. The summed E-state index contributed by atoms with van der Waals surface area (Å²) >= 11 is 0. The summed E-state index contributed by atoms with van der Waals surface area (Å²) in [5.74, 6) is 0.959. The molecule has 0 radical (unpaired) electrons. The molecular weight excluding hydrogens is 262 g/mol. The lowest BCUT2D eigenvalue weighted by Gasteiger charge is -2.08. The van der Waals surface area contributed by atoms with Gasteiger partial charge >= 0.3 is 0 Å². The highest BCUT2D eigenvalue weighted by Gasteiger charge is 2.07. The van der Waals surface area contributed by atoms with Gasteiger partial charge in [0.1, 0.15) is 12.4 Å². The quantitative estimate of drug-likeness (QED) is 0.705. The average Bonchev–Trinajstić information content (AvgIpc) is 2.39. The monoisotopic (exact) mass is 285 g/mol. The van der Waals surface area contributed by atoms with Gasteiger partial charge in [-0.05, 0) is 30.7 Å². The molecule has 1 rings (SSSR count). The third-order valence-electron chi connectivity index (χ3n) is 2.76. The van der Waals surface area contributed by atoms with Gasteiger partial charge in [0.25, 0.3) is 0 Å². The lowest BCUT2D eigenvalue weighted by atomic mass is 10.2. The minimum absolute atomic E-state index is 0.0712. The lowest BCUT2D eigenvalue weighted by Crippen LogP contribution is -2.16. The van der Waals surface area contributed by atoms with E-state index in [0.717, 1.165) is 30.8 Å². The standard InChI is InChI=1S/C14H23NO3S/c1-3-8-15-12-13-6-5-7-14(11-13)18-9-10-19(16,17)4-2/h5-7,11,15H,3-4,8-10,12H2,1-2H3. The Kier molecular flexibility index (Phi) is 6.87. The predicted molar refractivity (Wildman–Crippen MR) is 78.3 cm³/mol. The molecule has 0 heterocycles. The maximum absolute atomic E-state index is 11.3. The minimum Gasteiger partial charge on any atom is -0.493 e. The van der Waals surface area contributed by atoms with Crippen LogP contribution >= 0.6 is 0 Å². The molecule has 0 aromatic heterocycles. The Morgan fingerprint density at radius 3 is 2.74 bits per heavy atom. The Morgan fingerprint density at radius 2 is 2.05 bits per heavy atom. The molecule has 1 N–H and O–H groups in total. The largest absolute Gasteiger partial charge is 0.493 e. The molecule has 0 spiro atoms. The van der Waals surface area contributed by atoms with E-state index >= 15 is 0 Å². The van der Waals surface area contributed by atoms with Gasteiger partial charge < -0.3 is 10.1 Å². The van der Waals surface area contributed by atoms with Crippen LogP contribution in [0.4, 0.5) is 0 Å². The molecule has 0 aliphatic rings. The predicted octanol–water partition coefficient (Wildman–Crippen LogP) is 2.00. The second-order valence-corrected chi connectivity index (χ2v) is 6.88. The van der Waals surface area contributed by atoms with Crippen molar-refractivity contribution in [3.63, 3.8) is 0 Å². The van der Waals surface area contributed by atoms with Crippen molar-refractivity contribution in [3.8, 4) is 5.75 Å².